The van der Waals surface area contributed by atoms with Gasteiger partial charge in [-0.15, -0.1) is 0 Å². The molecule has 1 fully saturated rings. The average Bonchev–Trinajstić information content (AvgIpc) is 3.13. The number of fused-ring (bicyclic) bond motifs is 2. The molecule has 7 nitrogen and oxygen atoms in total. The molecule has 0 amide bonds. The van der Waals surface area contributed by atoms with Crippen LogP contribution in [0.1, 0.15) is 42.5 Å². The van der Waals surface area contributed by atoms with Crippen LogP contribution in [-0.4, -0.2) is 49.0 Å². The molecular weight excluding hydrogens is 376 g/mol. The van der Waals surface area contributed by atoms with Gasteiger partial charge in [-0.1, -0.05) is 13.0 Å². The van der Waals surface area contributed by atoms with Crippen molar-refractivity contribution in [3.8, 4) is 11.4 Å². The van der Waals surface area contributed by atoms with E-state index in [1.54, 1.807) is 15.0 Å². The molecule has 0 aliphatic carbocycles. The van der Waals surface area contributed by atoms with Crippen LogP contribution in [-0.2, 0) is 6.42 Å². The Bertz CT molecular complexity index is 1300. The van der Waals surface area contributed by atoms with Gasteiger partial charge in [0.1, 0.15) is 11.3 Å². The van der Waals surface area contributed by atoms with Crippen LogP contribution in [0.15, 0.2) is 41.5 Å². The van der Waals surface area contributed by atoms with E-state index >= 15 is 0 Å². The first-order valence-electron chi connectivity index (χ1n) is 10.6. The second-order valence-electron chi connectivity index (χ2n) is 8.31. The van der Waals surface area contributed by atoms with Gasteiger partial charge in [0.05, 0.1) is 17.6 Å². The lowest BCUT2D eigenvalue weighted by Gasteiger charge is -2.29. The molecule has 0 unspecified atom stereocenters. The van der Waals surface area contributed by atoms with Crippen molar-refractivity contribution in [3.63, 3.8) is 0 Å². The van der Waals surface area contributed by atoms with Crippen LogP contribution in [0.4, 0.5) is 0 Å². The molecule has 5 rings (SSSR count). The molecule has 0 aromatic carbocycles. The monoisotopic (exact) mass is 402 g/mol. The van der Waals surface area contributed by atoms with Crippen LogP contribution in [0, 0.1) is 6.92 Å². The lowest BCUT2D eigenvalue weighted by atomic mass is 9.91. The highest BCUT2D eigenvalue weighted by atomic mass is 16.1. The summed E-state index contributed by atoms with van der Waals surface area (Å²) in [5, 5.41) is 4.66. The minimum atomic E-state index is -0.0773. The fraction of sp³-hybridized carbons (Fsp3) is 0.391. The summed E-state index contributed by atoms with van der Waals surface area (Å²) in [6.07, 6.45) is 6.95. The summed E-state index contributed by atoms with van der Waals surface area (Å²) < 4.78 is 3.45. The van der Waals surface area contributed by atoms with Crippen molar-refractivity contribution in [2.24, 2.45) is 0 Å². The van der Waals surface area contributed by atoms with Crippen LogP contribution in [0.5, 0.6) is 0 Å². The Morgan fingerprint density at radius 3 is 2.63 bits per heavy atom. The van der Waals surface area contributed by atoms with Crippen LogP contribution in [0.25, 0.3) is 22.7 Å². The predicted molar refractivity (Wildman–Crippen MR) is 117 cm³/mol. The van der Waals surface area contributed by atoms with Crippen molar-refractivity contribution in [2.75, 3.05) is 20.1 Å². The summed E-state index contributed by atoms with van der Waals surface area (Å²) in [6.45, 7) is 6.24. The molecule has 154 valence electrons. The molecule has 0 atom stereocenters. The second kappa shape index (κ2) is 7.32. The first kappa shape index (κ1) is 18.9. The quantitative estimate of drug-likeness (QED) is 0.527. The van der Waals surface area contributed by atoms with E-state index in [9.17, 15) is 4.79 Å². The molecule has 30 heavy (non-hydrogen) atoms. The predicted octanol–water partition coefficient (Wildman–Crippen LogP) is 3.08. The van der Waals surface area contributed by atoms with Crippen molar-refractivity contribution >= 4 is 11.3 Å². The van der Waals surface area contributed by atoms with E-state index in [4.69, 9.17) is 4.98 Å². The smallest absolute Gasteiger partial charge is 0.258 e. The number of hydrogen-bond acceptors (Lipinski definition) is 5. The highest BCUT2D eigenvalue weighted by molar-refractivity contribution is 5.62. The second-order valence-corrected chi connectivity index (χ2v) is 8.31. The fourth-order valence-corrected chi connectivity index (χ4v) is 4.37. The number of piperidine rings is 1. The molecule has 4 aromatic rings. The Hall–Kier alpha value is -3.06. The number of rotatable bonds is 3. The lowest BCUT2D eigenvalue weighted by Crippen LogP contribution is -2.29. The zero-order valence-corrected chi connectivity index (χ0v) is 17.7. The molecule has 0 radical (unpaired) electrons. The van der Waals surface area contributed by atoms with Gasteiger partial charge in [0.25, 0.3) is 5.56 Å². The molecule has 7 heteroatoms. The molecule has 1 saturated heterocycles. The Kier molecular flexibility index (Phi) is 4.62. The van der Waals surface area contributed by atoms with E-state index in [1.807, 2.05) is 31.5 Å². The molecule has 0 saturated carbocycles. The average molecular weight is 403 g/mol. The third-order valence-corrected chi connectivity index (χ3v) is 6.14. The van der Waals surface area contributed by atoms with Gasteiger partial charge in [0.2, 0.25) is 0 Å². The van der Waals surface area contributed by atoms with Crippen molar-refractivity contribution in [3.05, 3.63) is 63.8 Å². The van der Waals surface area contributed by atoms with Gasteiger partial charge in [-0.05, 0) is 75.5 Å². The number of hydrogen-bond donors (Lipinski definition) is 0. The zero-order valence-electron chi connectivity index (χ0n) is 17.7. The van der Waals surface area contributed by atoms with E-state index in [0.29, 0.717) is 23.0 Å². The van der Waals surface area contributed by atoms with Crippen LogP contribution < -0.4 is 5.56 Å². The lowest BCUT2D eigenvalue weighted by molar-refractivity contribution is 0.255. The van der Waals surface area contributed by atoms with Crippen LogP contribution in [0.3, 0.4) is 0 Å². The van der Waals surface area contributed by atoms with Crippen molar-refractivity contribution in [1.29, 1.82) is 0 Å². The third-order valence-electron chi connectivity index (χ3n) is 6.14. The number of aromatic nitrogens is 5. The summed E-state index contributed by atoms with van der Waals surface area (Å²) in [4.78, 5) is 24.6. The topological polar surface area (TPSA) is 67.8 Å². The number of nitrogens with zero attached hydrogens (tertiary/aromatic N) is 6. The Labute approximate surface area is 175 Å². The maximum absolute atomic E-state index is 12.9. The van der Waals surface area contributed by atoms with Crippen LogP contribution in [0.2, 0.25) is 0 Å². The zero-order chi connectivity index (χ0) is 20.8. The van der Waals surface area contributed by atoms with E-state index in [2.05, 4.69) is 35.0 Å². The molecule has 5 heterocycles. The van der Waals surface area contributed by atoms with Crippen molar-refractivity contribution in [2.45, 2.75) is 39.0 Å². The van der Waals surface area contributed by atoms with Crippen molar-refractivity contribution in [1.82, 2.24) is 28.9 Å². The van der Waals surface area contributed by atoms with Gasteiger partial charge >= 0.3 is 0 Å². The standard InChI is InChI=1S/C23H26N6O/c1-4-16-11-20(26-29-13-15(2)24-23(16)29)19-12-22(30)28-14-18(5-6-21(28)25-19)17-7-9-27(3)10-8-17/h5-6,11-14,17H,4,7-10H2,1-3H3. The molecule has 0 N–H and O–H groups in total. The maximum atomic E-state index is 12.9. The third kappa shape index (κ3) is 3.29. The van der Waals surface area contributed by atoms with Gasteiger partial charge in [-0.2, -0.15) is 5.10 Å². The van der Waals surface area contributed by atoms with Gasteiger partial charge in [0, 0.05) is 12.3 Å². The number of pyridine rings is 1. The highest BCUT2D eigenvalue weighted by Crippen LogP contribution is 2.27. The fourth-order valence-electron chi connectivity index (χ4n) is 4.37. The first-order chi connectivity index (χ1) is 14.5. The summed E-state index contributed by atoms with van der Waals surface area (Å²) in [7, 11) is 2.16. The van der Waals surface area contributed by atoms with E-state index in [-0.39, 0.29) is 5.56 Å². The van der Waals surface area contributed by atoms with Crippen LogP contribution >= 0.6 is 0 Å². The summed E-state index contributed by atoms with van der Waals surface area (Å²) in [6, 6.07) is 7.66. The Morgan fingerprint density at radius 1 is 1.07 bits per heavy atom. The first-order valence-corrected chi connectivity index (χ1v) is 10.6. The molecule has 0 spiro atoms. The highest BCUT2D eigenvalue weighted by Gasteiger charge is 2.19. The van der Waals surface area contributed by atoms with Gasteiger partial charge < -0.3 is 4.90 Å². The van der Waals surface area contributed by atoms with E-state index < -0.39 is 0 Å². The molecule has 4 aromatic heterocycles. The summed E-state index contributed by atoms with van der Waals surface area (Å²) in [5.74, 6) is 0.498. The normalized spacial score (nSPS) is 16.0. The minimum Gasteiger partial charge on any atom is -0.306 e. The minimum absolute atomic E-state index is 0.0773. The summed E-state index contributed by atoms with van der Waals surface area (Å²) >= 11 is 0. The Morgan fingerprint density at radius 2 is 1.87 bits per heavy atom. The number of likely N-dealkylation sites (tertiary alicyclic amines) is 1. The molecule has 0 bridgehead atoms. The van der Waals surface area contributed by atoms with E-state index in [0.717, 1.165) is 49.3 Å². The Balaban J connectivity index is 1.57. The molecular formula is C23H26N6O. The molecule has 1 aliphatic rings. The SMILES string of the molecule is CCc1cc(-c2cc(=O)n3cc(C4CCN(C)CC4)ccc3n2)nn2cc(C)nc12. The largest absolute Gasteiger partial charge is 0.306 e. The van der Waals surface area contributed by atoms with E-state index in [1.165, 1.54) is 5.56 Å². The molecule has 1 aliphatic heterocycles. The number of aryl methyl sites for hydroxylation is 2. The van der Waals surface area contributed by atoms with Gasteiger partial charge in [0.15, 0.2) is 5.65 Å². The van der Waals surface area contributed by atoms with Crippen molar-refractivity contribution < 1.29 is 0 Å². The maximum Gasteiger partial charge on any atom is 0.258 e. The summed E-state index contributed by atoms with van der Waals surface area (Å²) in [5.41, 5.74) is 5.94. The van der Waals surface area contributed by atoms with Gasteiger partial charge in [-0.25, -0.2) is 14.5 Å². The number of imidazole rings is 1. The van der Waals surface area contributed by atoms with Gasteiger partial charge in [-0.3, -0.25) is 9.20 Å².